The molecule has 3 aromatic rings. The van der Waals surface area contributed by atoms with Crippen LogP contribution in [0.1, 0.15) is 25.7 Å². The lowest BCUT2D eigenvalue weighted by Crippen LogP contribution is -2.28. The molecule has 152 valence electrons. The van der Waals surface area contributed by atoms with Crippen LogP contribution in [0.25, 0.3) is 5.78 Å². The molecule has 1 aliphatic rings. The predicted molar refractivity (Wildman–Crippen MR) is 103 cm³/mol. The van der Waals surface area contributed by atoms with Gasteiger partial charge in [0.05, 0.1) is 0 Å². The van der Waals surface area contributed by atoms with Crippen LogP contribution in [-0.2, 0) is 11.3 Å². The van der Waals surface area contributed by atoms with Gasteiger partial charge in [0, 0.05) is 31.0 Å². The molecular weight excluding hydrogens is 382 g/mol. The van der Waals surface area contributed by atoms with Gasteiger partial charge in [0.15, 0.2) is 11.6 Å². The Balaban J connectivity index is 1.52. The van der Waals surface area contributed by atoms with E-state index in [-0.39, 0.29) is 18.0 Å². The van der Waals surface area contributed by atoms with Gasteiger partial charge in [-0.3, -0.25) is 4.79 Å². The van der Waals surface area contributed by atoms with Crippen molar-refractivity contribution >= 4 is 23.2 Å². The molecule has 1 fully saturated rings. The summed E-state index contributed by atoms with van der Waals surface area (Å²) in [5.41, 5.74) is -0.414. The van der Waals surface area contributed by atoms with Crippen molar-refractivity contribution in [2.45, 2.75) is 32.2 Å². The van der Waals surface area contributed by atoms with E-state index in [0.717, 1.165) is 48.6 Å². The fraction of sp³-hybridized carbons (Fsp3) is 0.368. The van der Waals surface area contributed by atoms with E-state index in [1.54, 1.807) is 12.3 Å². The Morgan fingerprint density at radius 3 is 2.55 bits per heavy atom. The SMILES string of the molecule is O=C(Cn1nc2nc(N3CCCCCC3)ccn2c1=O)Nc1ccc(F)c(F)c1. The number of amides is 1. The molecule has 1 aliphatic heterocycles. The highest BCUT2D eigenvalue weighted by Crippen LogP contribution is 2.17. The second-order valence-electron chi connectivity index (χ2n) is 6.97. The third kappa shape index (κ3) is 4.10. The molecule has 0 spiro atoms. The third-order valence-corrected chi connectivity index (χ3v) is 4.87. The molecule has 1 amide bonds. The molecule has 8 nitrogen and oxygen atoms in total. The minimum absolute atomic E-state index is 0.0901. The van der Waals surface area contributed by atoms with E-state index < -0.39 is 23.2 Å². The van der Waals surface area contributed by atoms with Gasteiger partial charge < -0.3 is 10.2 Å². The van der Waals surface area contributed by atoms with E-state index in [1.165, 1.54) is 23.3 Å². The highest BCUT2D eigenvalue weighted by molar-refractivity contribution is 5.90. The van der Waals surface area contributed by atoms with Gasteiger partial charge in [0.1, 0.15) is 12.4 Å². The molecule has 29 heavy (non-hydrogen) atoms. The Morgan fingerprint density at radius 1 is 1.07 bits per heavy atom. The number of benzene rings is 1. The summed E-state index contributed by atoms with van der Waals surface area (Å²) in [7, 11) is 0. The summed E-state index contributed by atoms with van der Waals surface area (Å²) in [6, 6.07) is 4.79. The maximum atomic E-state index is 13.3. The summed E-state index contributed by atoms with van der Waals surface area (Å²) in [6.45, 7) is 1.44. The molecule has 0 bridgehead atoms. The largest absolute Gasteiger partial charge is 0.356 e. The van der Waals surface area contributed by atoms with E-state index >= 15 is 0 Å². The molecule has 0 radical (unpaired) electrons. The average molecular weight is 402 g/mol. The van der Waals surface area contributed by atoms with Gasteiger partial charge in [0.2, 0.25) is 5.91 Å². The summed E-state index contributed by atoms with van der Waals surface area (Å²) < 4.78 is 28.5. The van der Waals surface area contributed by atoms with Crippen molar-refractivity contribution in [1.82, 2.24) is 19.2 Å². The molecule has 1 saturated heterocycles. The third-order valence-electron chi connectivity index (χ3n) is 4.87. The molecule has 0 unspecified atom stereocenters. The number of hydrogen-bond donors (Lipinski definition) is 1. The fourth-order valence-corrected chi connectivity index (χ4v) is 3.39. The normalized spacial score (nSPS) is 14.8. The van der Waals surface area contributed by atoms with Crippen LogP contribution in [0.15, 0.2) is 35.3 Å². The summed E-state index contributed by atoms with van der Waals surface area (Å²) in [4.78, 5) is 31.3. The maximum Gasteiger partial charge on any atom is 0.352 e. The number of nitrogens with zero attached hydrogens (tertiary/aromatic N) is 5. The van der Waals surface area contributed by atoms with Crippen LogP contribution in [0.5, 0.6) is 0 Å². The van der Waals surface area contributed by atoms with E-state index in [9.17, 15) is 18.4 Å². The van der Waals surface area contributed by atoms with Crippen molar-refractivity contribution < 1.29 is 13.6 Å². The Hall–Kier alpha value is -3.30. The van der Waals surface area contributed by atoms with E-state index in [0.29, 0.717) is 0 Å². The van der Waals surface area contributed by atoms with Gasteiger partial charge in [-0.05, 0) is 31.0 Å². The summed E-state index contributed by atoms with van der Waals surface area (Å²) in [6.07, 6.45) is 6.18. The van der Waals surface area contributed by atoms with Crippen LogP contribution >= 0.6 is 0 Å². The monoisotopic (exact) mass is 402 g/mol. The zero-order chi connectivity index (χ0) is 20.4. The minimum Gasteiger partial charge on any atom is -0.356 e. The van der Waals surface area contributed by atoms with Gasteiger partial charge in [0.25, 0.3) is 5.78 Å². The first-order valence-corrected chi connectivity index (χ1v) is 9.47. The molecule has 2 aromatic heterocycles. The molecule has 0 atom stereocenters. The smallest absolute Gasteiger partial charge is 0.352 e. The lowest BCUT2D eigenvalue weighted by Gasteiger charge is -2.20. The number of carbonyl (C=O) groups excluding carboxylic acids is 1. The van der Waals surface area contributed by atoms with E-state index in [2.05, 4.69) is 20.3 Å². The van der Waals surface area contributed by atoms with Crippen molar-refractivity contribution in [3.63, 3.8) is 0 Å². The quantitative estimate of drug-likeness (QED) is 0.723. The number of aromatic nitrogens is 4. The van der Waals surface area contributed by atoms with Crippen molar-refractivity contribution in [1.29, 1.82) is 0 Å². The van der Waals surface area contributed by atoms with E-state index in [1.807, 2.05) is 0 Å². The predicted octanol–water partition coefficient (Wildman–Crippen LogP) is 2.19. The topological polar surface area (TPSA) is 84.5 Å². The highest BCUT2D eigenvalue weighted by Gasteiger charge is 2.16. The van der Waals surface area contributed by atoms with Crippen LogP contribution in [0.4, 0.5) is 20.3 Å². The number of anilines is 2. The summed E-state index contributed by atoms with van der Waals surface area (Å²) >= 11 is 0. The van der Waals surface area contributed by atoms with Crippen LogP contribution < -0.4 is 15.9 Å². The van der Waals surface area contributed by atoms with Crippen molar-refractivity contribution in [2.24, 2.45) is 0 Å². The lowest BCUT2D eigenvalue weighted by atomic mass is 10.2. The Bertz CT molecular complexity index is 1100. The van der Waals surface area contributed by atoms with Gasteiger partial charge >= 0.3 is 5.69 Å². The molecule has 3 heterocycles. The second-order valence-corrected chi connectivity index (χ2v) is 6.97. The van der Waals surface area contributed by atoms with Crippen LogP contribution in [0, 0.1) is 11.6 Å². The average Bonchev–Trinajstić information content (AvgIpc) is 2.88. The van der Waals surface area contributed by atoms with Gasteiger partial charge in [-0.2, -0.15) is 4.98 Å². The minimum atomic E-state index is -1.07. The zero-order valence-corrected chi connectivity index (χ0v) is 15.6. The van der Waals surface area contributed by atoms with Crippen molar-refractivity contribution in [3.8, 4) is 0 Å². The number of fused-ring (bicyclic) bond motifs is 1. The van der Waals surface area contributed by atoms with Crippen LogP contribution in [0.3, 0.4) is 0 Å². The molecule has 0 saturated carbocycles. The molecule has 0 aliphatic carbocycles. The van der Waals surface area contributed by atoms with Crippen LogP contribution in [0.2, 0.25) is 0 Å². The number of halogens is 2. The molecular formula is C19H20F2N6O2. The number of nitrogens with one attached hydrogen (secondary N) is 1. The number of carbonyl (C=O) groups is 1. The zero-order valence-electron chi connectivity index (χ0n) is 15.6. The first-order chi connectivity index (χ1) is 14.0. The van der Waals surface area contributed by atoms with Gasteiger partial charge in [-0.15, -0.1) is 5.10 Å². The molecule has 10 heteroatoms. The molecule has 4 rings (SSSR count). The van der Waals surface area contributed by atoms with Crippen LogP contribution in [-0.4, -0.2) is 38.2 Å². The summed E-state index contributed by atoms with van der Waals surface area (Å²) in [5, 5.41) is 6.56. The maximum absolute atomic E-state index is 13.3. The Labute approximate surface area is 164 Å². The Kier molecular flexibility index (Phi) is 5.24. The number of hydrogen-bond acceptors (Lipinski definition) is 5. The van der Waals surface area contributed by atoms with E-state index in [4.69, 9.17) is 0 Å². The second kappa shape index (κ2) is 7.98. The standard InChI is InChI=1S/C19H20F2N6O2/c20-14-6-5-13(11-15(14)21)22-17(28)12-27-19(29)26-10-7-16(23-18(26)24-27)25-8-3-1-2-4-9-25/h5-7,10-11H,1-4,8-9,12H2,(H,22,28). The fourth-order valence-electron chi connectivity index (χ4n) is 3.39. The molecule has 1 aromatic carbocycles. The summed E-state index contributed by atoms with van der Waals surface area (Å²) in [5.74, 6) is -1.71. The van der Waals surface area contributed by atoms with Crippen molar-refractivity contribution in [2.75, 3.05) is 23.3 Å². The lowest BCUT2D eigenvalue weighted by molar-refractivity contribution is -0.117. The first-order valence-electron chi connectivity index (χ1n) is 9.47. The number of rotatable bonds is 4. The van der Waals surface area contributed by atoms with Crippen molar-refractivity contribution in [3.05, 3.63) is 52.6 Å². The van der Waals surface area contributed by atoms with Gasteiger partial charge in [-0.1, -0.05) is 12.8 Å². The van der Waals surface area contributed by atoms with Gasteiger partial charge in [-0.25, -0.2) is 22.7 Å². The Morgan fingerprint density at radius 2 is 1.83 bits per heavy atom. The molecule has 1 N–H and O–H groups in total. The highest BCUT2D eigenvalue weighted by atomic mass is 19.2. The first kappa shape index (κ1) is 19.0.